The molecule has 0 saturated heterocycles. The van der Waals surface area contributed by atoms with Crippen LogP contribution in [0.5, 0.6) is 6.01 Å². The number of aromatic nitrogens is 3. The van der Waals surface area contributed by atoms with Crippen LogP contribution in [0, 0.1) is 11.2 Å². The quantitative estimate of drug-likeness (QED) is 0.429. The summed E-state index contributed by atoms with van der Waals surface area (Å²) in [6.07, 6.45) is -3.26. The molecule has 1 heterocycles. The van der Waals surface area contributed by atoms with Crippen LogP contribution in [0.4, 0.5) is 17.6 Å². The van der Waals surface area contributed by atoms with Crippen molar-refractivity contribution in [2.24, 2.45) is 5.41 Å². The zero-order chi connectivity index (χ0) is 25.0. The summed E-state index contributed by atoms with van der Waals surface area (Å²) in [6, 6.07) is 8.48. The second-order valence-corrected chi connectivity index (χ2v) is 9.28. The molecule has 0 spiro atoms. The number of hydrogen-bond donors (Lipinski definition) is 2. The average molecular weight is 507 g/mol. The minimum absolute atomic E-state index is 0.0249. The van der Waals surface area contributed by atoms with E-state index < -0.39 is 23.5 Å². The van der Waals surface area contributed by atoms with E-state index in [0.717, 1.165) is 12.8 Å². The van der Waals surface area contributed by atoms with Crippen LogP contribution in [-0.2, 0) is 11.3 Å². The molecule has 1 amide bonds. The molecule has 11 heteroatoms. The number of nitrogens with zero attached hydrogens (tertiary/aromatic N) is 3. The maximum absolute atomic E-state index is 14.2. The average Bonchev–Trinajstić information content (AvgIpc) is 3.71. The molecule has 0 unspecified atom stereocenters. The molecule has 0 aliphatic heterocycles. The summed E-state index contributed by atoms with van der Waals surface area (Å²) in [5, 5.41) is 12.7. The highest BCUT2D eigenvalue weighted by molar-refractivity contribution is 6.33. The highest BCUT2D eigenvalue weighted by Gasteiger charge is 2.68. The van der Waals surface area contributed by atoms with Crippen molar-refractivity contribution in [2.45, 2.75) is 44.3 Å². The minimum atomic E-state index is -4.60. The van der Waals surface area contributed by atoms with Gasteiger partial charge in [-0.1, -0.05) is 17.7 Å². The fourth-order valence-electron chi connectivity index (χ4n) is 3.97. The maximum atomic E-state index is 14.2. The van der Waals surface area contributed by atoms with Crippen LogP contribution in [0.2, 0.25) is 5.02 Å². The molecule has 5 rings (SSSR count). The van der Waals surface area contributed by atoms with E-state index in [4.69, 9.17) is 11.6 Å². The smallest absolute Gasteiger partial charge is 0.403 e. The number of carbonyl (C=O) groups is 1. The first-order chi connectivity index (χ1) is 16.6. The van der Waals surface area contributed by atoms with Crippen molar-refractivity contribution in [1.29, 1.82) is 0 Å². The van der Waals surface area contributed by atoms with Gasteiger partial charge in [0.1, 0.15) is 11.2 Å². The number of amides is 1. The molecule has 2 aliphatic rings. The van der Waals surface area contributed by atoms with E-state index in [0.29, 0.717) is 22.3 Å². The minimum Gasteiger partial charge on any atom is -0.479 e. The third-order valence-corrected chi connectivity index (χ3v) is 6.68. The lowest BCUT2D eigenvalue weighted by atomic mass is 10.0. The Morgan fingerprint density at radius 1 is 1.09 bits per heavy atom. The van der Waals surface area contributed by atoms with E-state index >= 15 is 0 Å². The van der Waals surface area contributed by atoms with Gasteiger partial charge in [-0.2, -0.15) is 23.1 Å². The van der Waals surface area contributed by atoms with E-state index in [1.807, 2.05) is 0 Å². The van der Waals surface area contributed by atoms with Crippen molar-refractivity contribution < 1.29 is 27.5 Å². The van der Waals surface area contributed by atoms with Gasteiger partial charge in [-0.15, -0.1) is 0 Å². The second kappa shape index (κ2) is 8.44. The lowest BCUT2D eigenvalue weighted by Gasteiger charge is -2.18. The Hall–Kier alpha value is -3.27. The zero-order valence-corrected chi connectivity index (χ0v) is 18.9. The third-order valence-electron chi connectivity index (χ3n) is 6.35. The summed E-state index contributed by atoms with van der Waals surface area (Å²) >= 11 is 6.31. The van der Waals surface area contributed by atoms with Crippen molar-refractivity contribution in [3.05, 3.63) is 58.4 Å². The first-order valence-electron chi connectivity index (χ1n) is 11.0. The third kappa shape index (κ3) is 4.54. The second-order valence-electron chi connectivity index (χ2n) is 8.87. The summed E-state index contributed by atoms with van der Waals surface area (Å²) < 4.78 is 53.7. The Kier molecular flexibility index (Phi) is 5.66. The van der Waals surface area contributed by atoms with Crippen LogP contribution in [0.3, 0.4) is 0 Å². The standard InChI is InChI=1S/C24H19ClF4N4O2/c25-17-5-1-12(11-30-21(34)23(7-8-23)24(27,28)29)9-16(17)20-31-19(32-22(35)33-20)14-4-6-18(26)15(10-14)13-2-3-13/h1,4-6,9-10,13H,2-3,7-8,11H2,(H,30,34)(H,31,32,33,35). The van der Waals surface area contributed by atoms with Gasteiger partial charge in [0.25, 0.3) is 0 Å². The number of carbonyl (C=O) groups excluding carboxylic acids is 1. The monoisotopic (exact) mass is 506 g/mol. The largest absolute Gasteiger partial charge is 0.479 e. The summed E-state index contributed by atoms with van der Waals surface area (Å²) in [4.78, 5) is 24.4. The number of hydrogen-bond acceptors (Lipinski definition) is 5. The number of nitrogens with one attached hydrogen (secondary N) is 1. The van der Waals surface area contributed by atoms with Crippen molar-refractivity contribution in [3.63, 3.8) is 0 Å². The number of benzene rings is 2. The molecular weight excluding hydrogens is 488 g/mol. The summed E-state index contributed by atoms with van der Waals surface area (Å²) in [5.74, 6) is -1.09. The highest BCUT2D eigenvalue weighted by atomic mass is 35.5. The van der Waals surface area contributed by atoms with Crippen LogP contribution in [-0.4, -0.2) is 32.1 Å². The molecule has 2 saturated carbocycles. The Balaban J connectivity index is 1.41. The van der Waals surface area contributed by atoms with Crippen LogP contribution in [0.15, 0.2) is 36.4 Å². The van der Waals surface area contributed by atoms with Gasteiger partial charge in [0, 0.05) is 17.7 Å². The van der Waals surface area contributed by atoms with E-state index in [1.54, 1.807) is 12.1 Å². The summed E-state index contributed by atoms with van der Waals surface area (Å²) in [5.41, 5.74) is -0.499. The van der Waals surface area contributed by atoms with E-state index in [2.05, 4.69) is 20.3 Å². The number of rotatable bonds is 6. The molecule has 0 atom stereocenters. The normalized spacial score (nSPS) is 16.7. The van der Waals surface area contributed by atoms with Crippen LogP contribution in [0.1, 0.15) is 42.7 Å². The first kappa shape index (κ1) is 23.5. The lowest BCUT2D eigenvalue weighted by molar-refractivity contribution is -0.192. The Bertz CT molecular complexity index is 1320. The Labute approximate surface area is 202 Å². The van der Waals surface area contributed by atoms with E-state index in [-0.39, 0.29) is 47.8 Å². The van der Waals surface area contributed by atoms with Crippen LogP contribution >= 0.6 is 11.6 Å². The van der Waals surface area contributed by atoms with E-state index in [9.17, 15) is 27.5 Å². The van der Waals surface area contributed by atoms with Gasteiger partial charge >= 0.3 is 12.2 Å². The maximum Gasteiger partial charge on any atom is 0.403 e. The summed E-state index contributed by atoms with van der Waals surface area (Å²) in [6.45, 7) is -0.159. The van der Waals surface area contributed by atoms with Gasteiger partial charge in [-0.3, -0.25) is 4.79 Å². The highest BCUT2D eigenvalue weighted by Crippen LogP contribution is 2.57. The molecule has 35 heavy (non-hydrogen) atoms. The molecule has 6 nitrogen and oxygen atoms in total. The Morgan fingerprint density at radius 2 is 1.80 bits per heavy atom. The van der Waals surface area contributed by atoms with Gasteiger partial charge in [0.15, 0.2) is 11.6 Å². The first-order valence-corrected chi connectivity index (χ1v) is 11.3. The molecule has 2 N–H and O–H groups in total. The van der Waals surface area contributed by atoms with Crippen molar-refractivity contribution in [3.8, 4) is 28.8 Å². The van der Waals surface area contributed by atoms with Gasteiger partial charge in [-0.05, 0) is 73.1 Å². The molecule has 2 aliphatic carbocycles. The molecule has 2 fully saturated rings. The fraction of sp³-hybridized carbons (Fsp3) is 0.333. The molecule has 0 radical (unpaired) electrons. The van der Waals surface area contributed by atoms with Gasteiger partial charge < -0.3 is 10.4 Å². The molecule has 2 aromatic carbocycles. The topological polar surface area (TPSA) is 88.0 Å². The number of aromatic hydroxyl groups is 1. The molecular formula is C24H19ClF4N4O2. The fourth-order valence-corrected chi connectivity index (χ4v) is 4.18. The van der Waals surface area contributed by atoms with E-state index in [1.165, 1.54) is 24.3 Å². The van der Waals surface area contributed by atoms with Crippen LogP contribution < -0.4 is 5.32 Å². The van der Waals surface area contributed by atoms with Gasteiger partial charge in [0.05, 0.1) is 5.02 Å². The zero-order valence-electron chi connectivity index (χ0n) is 18.2. The lowest BCUT2D eigenvalue weighted by Crippen LogP contribution is -2.40. The molecule has 1 aromatic heterocycles. The Morgan fingerprint density at radius 3 is 2.46 bits per heavy atom. The van der Waals surface area contributed by atoms with Gasteiger partial charge in [-0.25, -0.2) is 9.37 Å². The number of halogens is 5. The molecule has 3 aromatic rings. The van der Waals surface area contributed by atoms with Gasteiger partial charge in [0.2, 0.25) is 5.91 Å². The summed E-state index contributed by atoms with van der Waals surface area (Å²) in [7, 11) is 0. The van der Waals surface area contributed by atoms with Crippen molar-refractivity contribution in [2.75, 3.05) is 0 Å². The number of alkyl halides is 3. The predicted molar refractivity (Wildman–Crippen MR) is 119 cm³/mol. The molecule has 182 valence electrons. The van der Waals surface area contributed by atoms with Crippen molar-refractivity contribution in [1.82, 2.24) is 20.3 Å². The SMILES string of the molecule is O=C(NCc1ccc(Cl)c(-c2nc(O)nc(-c3ccc(F)c(C4CC4)c3)n2)c1)C1(C(F)(F)F)CC1. The van der Waals surface area contributed by atoms with Crippen molar-refractivity contribution >= 4 is 17.5 Å². The van der Waals surface area contributed by atoms with Crippen LogP contribution in [0.25, 0.3) is 22.8 Å². The molecule has 0 bridgehead atoms. The predicted octanol–water partition coefficient (Wildman–Crippen LogP) is 5.54.